The molecule has 0 fully saturated rings. The van der Waals surface area contributed by atoms with E-state index in [1.165, 1.54) is 0 Å². The lowest BCUT2D eigenvalue weighted by Crippen LogP contribution is -2.45. The van der Waals surface area contributed by atoms with Crippen LogP contribution in [0.2, 0.25) is 0 Å². The van der Waals surface area contributed by atoms with Crippen molar-refractivity contribution in [3.8, 4) is 11.5 Å². The van der Waals surface area contributed by atoms with Crippen LogP contribution in [0.4, 0.5) is 0 Å². The maximum absolute atomic E-state index is 5.68. The molecule has 0 aliphatic carbocycles. The molecule has 0 aromatic heterocycles. The standard InChI is InChI=1S/C13H22N2O2/c1-13(2,9-14)15-8-10-7-11(16-3)5-6-12(10)17-4/h5-7,15H,8-9,14H2,1-4H3. The van der Waals surface area contributed by atoms with E-state index in [9.17, 15) is 0 Å². The van der Waals surface area contributed by atoms with Crippen molar-refractivity contribution in [2.45, 2.75) is 25.9 Å². The van der Waals surface area contributed by atoms with E-state index < -0.39 is 0 Å². The number of nitrogens with one attached hydrogen (secondary N) is 1. The number of benzene rings is 1. The largest absolute Gasteiger partial charge is 0.497 e. The molecule has 17 heavy (non-hydrogen) atoms. The van der Waals surface area contributed by atoms with Crippen LogP contribution in [-0.2, 0) is 6.54 Å². The van der Waals surface area contributed by atoms with Crippen molar-refractivity contribution in [2.24, 2.45) is 5.73 Å². The van der Waals surface area contributed by atoms with Gasteiger partial charge in [0.1, 0.15) is 11.5 Å². The number of methoxy groups -OCH3 is 2. The Morgan fingerprint density at radius 3 is 2.47 bits per heavy atom. The van der Waals surface area contributed by atoms with E-state index in [4.69, 9.17) is 15.2 Å². The minimum Gasteiger partial charge on any atom is -0.497 e. The molecule has 1 rings (SSSR count). The van der Waals surface area contributed by atoms with Crippen molar-refractivity contribution in [2.75, 3.05) is 20.8 Å². The van der Waals surface area contributed by atoms with Gasteiger partial charge in [-0.15, -0.1) is 0 Å². The van der Waals surface area contributed by atoms with Crippen molar-refractivity contribution >= 4 is 0 Å². The van der Waals surface area contributed by atoms with Crippen LogP contribution in [-0.4, -0.2) is 26.3 Å². The molecule has 1 aromatic carbocycles. The van der Waals surface area contributed by atoms with Gasteiger partial charge in [-0.25, -0.2) is 0 Å². The van der Waals surface area contributed by atoms with E-state index >= 15 is 0 Å². The van der Waals surface area contributed by atoms with Crippen molar-refractivity contribution < 1.29 is 9.47 Å². The molecule has 0 unspecified atom stereocenters. The molecule has 1 aromatic rings. The Balaban J connectivity index is 2.81. The van der Waals surface area contributed by atoms with Gasteiger partial charge in [-0.05, 0) is 32.0 Å². The Hall–Kier alpha value is -1.26. The van der Waals surface area contributed by atoms with E-state index in [0.717, 1.165) is 17.1 Å². The third kappa shape index (κ3) is 3.91. The number of hydrogen-bond acceptors (Lipinski definition) is 4. The minimum absolute atomic E-state index is 0.0892. The van der Waals surface area contributed by atoms with Crippen molar-refractivity contribution in [3.63, 3.8) is 0 Å². The summed E-state index contributed by atoms with van der Waals surface area (Å²) in [5.41, 5.74) is 6.65. The topological polar surface area (TPSA) is 56.5 Å². The summed E-state index contributed by atoms with van der Waals surface area (Å²) in [7, 11) is 3.32. The first-order valence-electron chi connectivity index (χ1n) is 5.68. The lowest BCUT2D eigenvalue weighted by Gasteiger charge is -2.25. The van der Waals surface area contributed by atoms with Gasteiger partial charge >= 0.3 is 0 Å². The fraction of sp³-hybridized carbons (Fsp3) is 0.538. The second-order valence-electron chi connectivity index (χ2n) is 4.62. The van der Waals surface area contributed by atoms with Crippen LogP contribution in [0.3, 0.4) is 0 Å². The van der Waals surface area contributed by atoms with E-state index in [1.807, 2.05) is 18.2 Å². The summed E-state index contributed by atoms with van der Waals surface area (Å²) in [6.45, 7) is 5.42. The van der Waals surface area contributed by atoms with Crippen LogP contribution in [0.5, 0.6) is 11.5 Å². The summed E-state index contributed by atoms with van der Waals surface area (Å²) in [5, 5.41) is 3.39. The SMILES string of the molecule is COc1ccc(OC)c(CNC(C)(C)CN)c1. The van der Waals surface area contributed by atoms with E-state index in [2.05, 4.69) is 19.2 Å². The van der Waals surface area contributed by atoms with Gasteiger partial charge in [-0.3, -0.25) is 0 Å². The maximum Gasteiger partial charge on any atom is 0.123 e. The van der Waals surface area contributed by atoms with Crippen LogP contribution in [0, 0.1) is 0 Å². The molecule has 0 bridgehead atoms. The highest BCUT2D eigenvalue weighted by molar-refractivity contribution is 5.40. The average Bonchev–Trinajstić information content (AvgIpc) is 2.36. The molecule has 0 saturated heterocycles. The third-order valence-corrected chi connectivity index (χ3v) is 2.76. The van der Waals surface area contributed by atoms with E-state index in [-0.39, 0.29) is 5.54 Å². The summed E-state index contributed by atoms with van der Waals surface area (Å²) in [4.78, 5) is 0. The predicted octanol–water partition coefficient (Wildman–Crippen LogP) is 1.53. The van der Waals surface area contributed by atoms with Crippen LogP contribution in [0.25, 0.3) is 0 Å². The molecule has 0 amide bonds. The fourth-order valence-electron chi connectivity index (χ4n) is 1.43. The number of hydrogen-bond donors (Lipinski definition) is 2. The Morgan fingerprint density at radius 1 is 1.24 bits per heavy atom. The van der Waals surface area contributed by atoms with Crippen molar-refractivity contribution in [1.29, 1.82) is 0 Å². The molecule has 96 valence electrons. The van der Waals surface area contributed by atoms with Crippen LogP contribution in [0.1, 0.15) is 19.4 Å². The first kappa shape index (κ1) is 13.8. The lowest BCUT2D eigenvalue weighted by atomic mass is 10.1. The zero-order chi connectivity index (χ0) is 12.9. The van der Waals surface area contributed by atoms with Crippen molar-refractivity contribution in [1.82, 2.24) is 5.32 Å². The molecular formula is C13H22N2O2. The van der Waals surface area contributed by atoms with E-state index in [1.54, 1.807) is 14.2 Å². The van der Waals surface area contributed by atoms with Gasteiger partial charge in [0.25, 0.3) is 0 Å². The van der Waals surface area contributed by atoms with E-state index in [0.29, 0.717) is 13.1 Å². The van der Waals surface area contributed by atoms with Crippen LogP contribution in [0.15, 0.2) is 18.2 Å². The highest BCUT2D eigenvalue weighted by Crippen LogP contribution is 2.24. The molecule has 0 heterocycles. The van der Waals surface area contributed by atoms with Gasteiger partial charge in [0, 0.05) is 24.2 Å². The summed E-state index contributed by atoms with van der Waals surface area (Å²) >= 11 is 0. The molecule has 3 N–H and O–H groups in total. The van der Waals surface area contributed by atoms with Gasteiger partial charge in [0.15, 0.2) is 0 Å². The Labute approximate surface area is 103 Å². The number of ether oxygens (including phenoxy) is 2. The Kier molecular flexibility index (Phi) is 4.78. The molecule has 0 saturated carbocycles. The molecule has 0 spiro atoms. The zero-order valence-electron chi connectivity index (χ0n) is 11.0. The molecular weight excluding hydrogens is 216 g/mol. The quantitative estimate of drug-likeness (QED) is 0.789. The molecule has 0 atom stereocenters. The monoisotopic (exact) mass is 238 g/mol. The normalized spacial score (nSPS) is 11.4. The fourth-order valence-corrected chi connectivity index (χ4v) is 1.43. The second-order valence-corrected chi connectivity index (χ2v) is 4.62. The molecule has 0 radical (unpaired) electrons. The molecule has 4 nitrogen and oxygen atoms in total. The van der Waals surface area contributed by atoms with Crippen molar-refractivity contribution in [3.05, 3.63) is 23.8 Å². The number of nitrogens with two attached hydrogens (primary N) is 1. The molecule has 4 heteroatoms. The van der Waals surface area contributed by atoms with Crippen LogP contribution < -0.4 is 20.5 Å². The highest BCUT2D eigenvalue weighted by atomic mass is 16.5. The predicted molar refractivity (Wildman–Crippen MR) is 69.5 cm³/mol. The third-order valence-electron chi connectivity index (χ3n) is 2.76. The van der Waals surface area contributed by atoms with Gasteiger partial charge < -0.3 is 20.5 Å². The van der Waals surface area contributed by atoms with Gasteiger partial charge in [0.2, 0.25) is 0 Å². The first-order valence-corrected chi connectivity index (χ1v) is 5.68. The minimum atomic E-state index is -0.0892. The number of rotatable bonds is 6. The summed E-state index contributed by atoms with van der Waals surface area (Å²) in [6.07, 6.45) is 0. The smallest absolute Gasteiger partial charge is 0.123 e. The van der Waals surface area contributed by atoms with Gasteiger partial charge in [-0.1, -0.05) is 0 Å². The van der Waals surface area contributed by atoms with Gasteiger partial charge in [0.05, 0.1) is 14.2 Å². The van der Waals surface area contributed by atoms with Gasteiger partial charge in [-0.2, -0.15) is 0 Å². The maximum atomic E-state index is 5.68. The average molecular weight is 238 g/mol. The second kappa shape index (κ2) is 5.89. The Morgan fingerprint density at radius 2 is 1.94 bits per heavy atom. The zero-order valence-corrected chi connectivity index (χ0v) is 11.0. The summed E-state index contributed by atoms with van der Waals surface area (Å²) < 4.78 is 10.5. The van der Waals surface area contributed by atoms with Crippen LogP contribution >= 0.6 is 0 Å². The summed E-state index contributed by atoms with van der Waals surface area (Å²) in [5.74, 6) is 1.68. The summed E-state index contributed by atoms with van der Waals surface area (Å²) in [6, 6.07) is 5.76. The Bertz CT molecular complexity index is 364. The first-order chi connectivity index (χ1) is 8.02. The lowest BCUT2D eigenvalue weighted by molar-refractivity contribution is 0.375. The molecule has 0 aliphatic rings. The highest BCUT2D eigenvalue weighted by Gasteiger charge is 2.15. The molecule has 0 aliphatic heterocycles.